The first kappa shape index (κ1) is 23.7. The van der Waals surface area contributed by atoms with Gasteiger partial charge >= 0.3 is 0 Å². The molecule has 1 fully saturated rings. The molecular formula is C25H26O9. The van der Waals surface area contributed by atoms with Crippen molar-refractivity contribution >= 4 is 17.3 Å². The Morgan fingerprint density at radius 3 is 2.35 bits per heavy atom. The smallest absolute Gasteiger partial charge is 0.201 e. The van der Waals surface area contributed by atoms with E-state index in [4.69, 9.17) is 18.9 Å². The Hall–Kier alpha value is -3.43. The van der Waals surface area contributed by atoms with Crippen LogP contribution in [0.5, 0.6) is 23.0 Å². The molecule has 2 aliphatic rings. The summed E-state index contributed by atoms with van der Waals surface area (Å²) in [6.07, 6.45) is 0.158. The molecule has 4 rings (SSSR count). The number of carbonyl (C=O) groups is 3. The second kappa shape index (κ2) is 9.08. The molecule has 0 atom stereocenters. The molecule has 2 aromatic rings. The van der Waals surface area contributed by atoms with E-state index in [0.29, 0.717) is 13.2 Å². The van der Waals surface area contributed by atoms with Crippen LogP contribution in [-0.2, 0) is 20.7 Å². The number of carbonyl (C=O) groups excluding carboxylic acids is 3. The number of hydrogen-bond acceptors (Lipinski definition) is 9. The van der Waals surface area contributed by atoms with Gasteiger partial charge in [-0.1, -0.05) is 0 Å². The molecule has 1 saturated heterocycles. The Labute approximate surface area is 196 Å². The second-order valence-corrected chi connectivity index (χ2v) is 8.33. The van der Waals surface area contributed by atoms with Gasteiger partial charge in [-0.2, -0.15) is 0 Å². The molecular weight excluding hydrogens is 444 g/mol. The van der Waals surface area contributed by atoms with Crippen molar-refractivity contribution in [3.63, 3.8) is 0 Å². The van der Waals surface area contributed by atoms with Crippen LogP contribution >= 0.6 is 0 Å². The van der Waals surface area contributed by atoms with Crippen molar-refractivity contribution in [2.75, 3.05) is 26.9 Å². The third kappa shape index (κ3) is 4.12. The molecule has 2 aromatic carbocycles. The molecule has 1 aliphatic heterocycles. The van der Waals surface area contributed by atoms with Gasteiger partial charge in [0.15, 0.2) is 11.6 Å². The predicted octanol–water partition coefficient (Wildman–Crippen LogP) is 2.94. The van der Waals surface area contributed by atoms with Crippen molar-refractivity contribution in [2.45, 2.75) is 38.9 Å². The number of benzene rings is 2. The van der Waals surface area contributed by atoms with Gasteiger partial charge < -0.3 is 29.2 Å². The molecule has 0 aromatic heterocycles. The second-order valence-electron chi connectivity index (χ2n) is 8.33. The fraction of sp³-hybridized carbons (Fsp3) is 0.400. The van der Waals surface area contributed by atoms with Crippen LogP contribution in [0, 0.1) is 0 Å². The summed E-state index contributed by atoms with van der Waals surface area (Å²) in [5, 5.41) is 21.2. The van der Waals surface area contributed by atoms with Crippen LogP contribution < -0.4 is 9.47 Å². The zero-order valence-electron chi connectivity index (χ0n) is 19.2. The zero-order chi connectivity index (χ0) is 24.6. The topological polar surface area (TPSA) is 129 Å². The van der Waals surface area contributed by atoms with Crippen molar-refractivity contribution in [1.82, 2.24) is 0 Å². The zero-order valence-corrected chi connectivity index (χ0v) is 19.2. The number of methoxy groups -OCH3 is 1. The fourth-order valence-electron chi connectivity index (χ4n) is 4.41. The van der Waals surface area contributed by atoms with Crippen molar-refractivity contribution in [2.24, 2.45) is 0 Å². The van der Waals surface area contributed by atoms with E-state index in [1.54, 1.807) is 13.8 Å². The summed E-state index contributed by atoms with van der Waals surface area (Å²) in [5.74, 6) is -2.69. The average Bonchev–Trinajstić information content (AvgIpc) is 3.22. The number of phenolic OH excluding ortho intramolecular Hbond substituents is 2. The Morgan fingerprint density at radius 1 is 1.03 bits per heavy atom. The van der Waals surface area contributed by atoms with E-state index in [-0.39, 0.29) is 76.7 Å². The van der Waals surface area contributed by atoms with Gasteiger partial charge in [-0.25, -0.2) is 0 Å². The number of ether oxygens (including phenoxy) is 4. The van der Waals surface area contributed by atoms with E-state index < -0.39 is 23.1 Å². The highest BCUT2D eigenvalue weighted by Gasteiger charge is 2.38. The predicted molar refractivity (Wildman–Crippen MR) is 119 cm³/mol. The third-order valence-corrected chi connectivity index (χ3v) is 5.99. The highest BCUT2D eigenvalue weighted by Crippen LogP contribution is 2.43. The van der Waals surface area contributed by atoms with Crippen molar-refractivity contribution in [1.29, 1.82) is 0 Å². The van der Waals surface area contributed by atoms with Crippen LogP contribution in [0.15, 0.2) is 18.2 Å². The molecule has 1 aliphatic carbocycles. The van der Waals surface area contributed by atoms with Gasteiger partial charge in [0.2, 0.25) is 5.78 Å². The summed E-state index contributed by atoms with van der Waals surface area (Å²) < 4.78 is 21.8. The lowest BCUT2D eigenvalue weighted by atomic mass is 9.81. The first-order chi connectivity index (χ1) is 16.2. The third-order valence-electron chi connectivity index (χ3n) is 5.99. The van der Waals surface area contributed by atoms with E-state index in [9.17, 15) is 24.6 Å². The van der Waals surface area contributed by atoms with Gasteiger partial charge in [-0.15, -0.1) is 0 Å². The summed E-state index contributed by atoms with van der Waals surface area (Å²) in [6.45, 7) is 4.38. The maximum atomic E-state index is 13.4. The normalized spacial score (nSPS) is 16.2. The molecule has 1 heterocycles. The quantitative estimate of drug-likeness (QED) is 0.510. The van der Waals surface area contributed by atoms with Gasteiger partial charge in [0, 0.05) is 29.2 Å². The maximum Gasteiger partial charge on any atom is 0.201 e. The SMILES string of the molecule is CCOc1c(CCC(=O)CC2(C)OCCO2)c(O)cc2c1C(=O)c1c(O)cc(OC)cc1C2=O. The molecule has 34 heavy (non-hydrogen) atoms. The molecule has 0 spiro atoms. The van der Waals surface area contributed by atoms with Gasteiger partial charge in [-0.3, -0.25) is 14.4 Å². The summed E-state index contributed by atoms with van der Waals surface area (Å²) >= 11 is 0. The summed E-state index contributed by atoms with van der Waals surface area (Å²) in [4.78, 5) is 39.2. The molecule has 0 bridgehead atoms. The van der Waals surface area contributed by atoms with Gasteiger partial charge in [0.25, 0.3) is 0 Å². The van der Waals surface area contributed by atoms with Gasteiger partial charge in [-0.05, 0) is 32.4 Å². The van der Waals surface area contributed by atoms with E-state index >= 15 is 0 Å². The lowest BCUT2D eigenvalue weighted by Gasteiger charge is -2.24. The van der Waals surface area contributed by atoms with Crippen molar-refractivity contribution in [3.05, 3.63) is 46.0 Å². The fourth-order valence-corrected chi connectivity index (χ4v) is 4.41. The summed E-state index contributed by atoms with van der Waals surface area (Å²) in [5.41, 5.74) is -0.0275. The minimum atomic E-state index is -0.970. The lowest BCUT2D eigenvalue weighted by Crippen LogP contribution is -2.29. The van der Waals surface area contributed by atoms with E-state index in [1.807, 2.05) is 0 Å². The minimum absolute atomic E-state index is 0.0241. The first-order valence-electron chi connectivity index (χ1n) is 11.0. The van der Waals surface area contributed by atoms with Gasteiger partial charge in [0.1, 0.15) is 28.8 Å². The molecule has 9 heteroatoms. The Kier molecular flexibility index (Phi) is 6.33. The van der Waals surface area contributed by atoms with Crippen molar-refractivity contribution < 1.29 is 43.5 Å². The Morgan fingerprint density at radius 2 is 1.71 bits per heavy atom. The highest BCUT2D eigenvalue weighted by molar-refractivity contribution is 6.30. The molecule has 0 amide bonds. The number of ketones is 3. The number of hydrogen-bond donors (Lipinski definition) is 2. The number of rotatable bonds is 8. The largest absolute Gasteiger partial charge is 0.508 e. The molecule has 180 valence electrons. The highest BCUT2D eigenvalue weighted by atomic mass is 16.7. The number of Topliss-reactive ketones (excluding diaryl/α,β-unsaturated/α-hetero) is 1. The molecule has 0 unspecified atom stereocenters. The Balaban J connectivity index is 1.71. The average molecular weight is 470 g/mol. The molecule has 9 nitrogen and oxygen atoms in total. The monoisotopic (exact) mass is 470 g/mol. The summed E-state index contributed by atoms with van der Waals surface area (Å²) in [7, 11) is 1.38. The molecule has 0 saturated carbocycles. The van der Waals surface area contributed by atoms with Crippen LogP contribution in [-0.4, -0.2) is 60.3 Å². The van der Waals surface area contributed by atoms with Crippen LogP contribution in [0.1, 0.15) is 64.1 Å². The number of aromatic hydroxyl groups is 2. The number of phenols is 2. The van der Waals surface area contributed by atoms with Crippen LogP contribution in [0.3, 0.4) is 0 Å². The Bertz CT molecular complexity index is 1180. The molecule has 0 radical (unpaired) electrons. The van der Waals surface area contributed by atoms with E-state index in [2.05, 4.69) is 0 Å². The van der Waals surface area contributed by atoms with E-state index in [1.165, 1.54) is 25.3 Å². The first-order valence-corrected chi connectivity index (χ1v) is 11.0. The summed E-state index contributed by atoms with van der Waals surface area (Å²) in [6, 6.07) is 3.83. The lowest BCUT2D eigenvalue weighted by molar-refractivity contribution is -0.158. The van der Waals surface area contributed by atoms with Crippen LogP contribution in [0.2, 0.25) is 0 Å². The molecule has 2 N–H and O–H groups in total. The van der Waals surface area contributed by atoms with Gasteiger partial charge in [0.05, 0.1) is 44.5 Å². The number of fused-ring (bicyclic) bond motifs is 2. The van der Waals surface area contributed by atoms with E-state index in [0.717, 1.165) is 0 Å². The van der Waals surface area contributed by atoms with Crippen molar-refractivity contribution in [3.8, 4) is 23.0 Å². The minimum Gasteiger partial charge on any atom is -0.508 e. The standard InChI is InChI=1S/C25H26O9/c1-4-32-24-15(6-5-13(26)12-25(2)33-7-8-34-25)18(27)11-17-21(24)23(30)20-16(22(17)29)9-14(31-3)10-19(20)28/h9-11,27-28H,4-8,12H2,1-3H3. The van der Waals surface area contributed by atoms with Crippen LogP contribution in [0.25, 0.3) is 0 Å². The van der Waals surface area contributed by atoms with Crippen LogP contribution in [0.4, 0.5) is 0 Å². The maximum absolute atomic E-state index is 13.4.